The molecule has 0 saturated carbocycles. The van der Waals surface area contributed by atoms with Crippen molar-refractivity contribution >= 4 is 23.5 Å². The summed E-state index contributed by atoms with van der Waals surface area (Å²) in [5, 5.41) is 8.14. The lowest BCUT2D eigenvalue weighted by molar-refractivity contribution is -0.122. The van der Waals surface area contributed by atoms with Gasteiger partial charge in [-0.25, -0.2) is 4.79 Å². The van der Waals surface area contributed by atoms with E-state index >= 15 is 0 Å². The van der Waals surface area contributed by atoms with Crippen molar-refractivity contribution in [3.8, 4) is 0 Å². The molecule has 1 rings (SSSR count). The van der Waals surface area contributed by atoms with Crippen LogP contribution in [0.25, 0.3) is 0 Å². The van der Waals surface area contributed by atoms with E-state index in [0.29, 0.717) is 17.8 Å². The van der Waals surface area contributed by atoms with Crippen molar-refractivity contribution in [1.29, 1.82) is 0 Å². The highest BCUT2D eigenvalue weighted by Gasteiger charge is 2.17. The second-order valence-corrected chi connectivity index (χ2v) is 6.66. The molecule has 0 aliphatic heterocycles. The van der Waals surface area contributed by atoms with Crippen molar-refractivity contribution in [2.45, 2.75) is 26.3 Å². The molecule has 0 aromatic heterocycles. The fourth-order valence-corrected chi connectivity index (χ4v) is 1.94. The van der Waals surface area contributed by atoms with Crippen molar-refractivity contribution in [3.63, 3.8) is 0 Å². The van der Waals surface area contributed by atoms with Crippen molar-refractivity contribution in [1.82, 2.24) is 15.5 Å². The Morgan fingerprint density at radius 2 is 1.76 bits per heavy atom. The zero-order valence-electron chi connectivity index (χ0n) is 15.2. The third kappa shape index (κ3) is 7.52. The third-order valence-electron chi connectivity index (χ3n) is 3.05. The molecule has 1 aromatic carbocycles. The van der Waals surface area contributed by atoms with Crippen LogP contribution >= 0.6 is 0 Å². The molecule has 0 unspecified atom stereocenters. The summed E-state index contributed by atoms with van der Waals surface area (Å²) in [4.78, 5) is 37.0. The number of hydrogen-bond donors (Lipinski definition) is 3. The molecule has 0 atom stereocenters. The molecule has 0 aliphatic rings. The fourth-order valence-electron chi connectivity index (χ4n) is 1.94. The van der Waals surface area contributed by atoms with Gasteiger partial charge in [0.05, 0.1) is 0 Å². The highest BCUT2D eigenvalue weighted by Crippen LogP contribution is 2.10. The SMILES string of the molecule is C=CCNC(=O)c1ccc(NC(=O)N(C)CC(=O)NC(C)(C)C)cc1. The first-order chi connectivity index (χ1) is 11.6. The predicted molar refractivity (Wildman–Crippen MR) is 98.5 cm³/mol. The van der Waals surface area contributed by atoms with Crippen LogP contribution in [-0.4, -0.2) is 48.4 Å². The molecule has 0 heterocycles. The summed E-state index contributed by atoms with van der Waals surface area (Å²) in [7, 11) is 1.54. The number of likely N-dealkylation sites (N-methyl/N-ethyl adjacent to an activating group) is 1. The van der Waals surface area contributed by atoms with Gasteiger partial charge in [0.2, 0.25) is 5.91 Å². The van der Waals surface area contributed by atoms with Gasteiger partial charge >= 0.3 is 6.03 Å². The Balaban J connectivity index is 2.57. The number of carbonyl (C=O) groups is 3. The number of amides is 4. The Labute approximate surface area is 148 Å². The summed E-state index contributed by atoms with van der Waals surface area (Å²) < 4.78 is 0. The molecule has 0 bridgehead atoms. The molecule has 136 valence electrons. The number of benzene rings is 1. The molecule has 0 fully saturated rings. The smallest absolute Gasteiger partial charge is 0.322 e. The summed E-state index contributed by atoms with van der Waals surface area (Å²) in [5.41, 5.74) is 0.669. The second-order valence-electron chi connectivity index (χ2n) is 6.66. The summed E-state index contributed by atoms with van der Waals surface area (Å²) in [6.45, 7) is 9.49. The molecule has 0 aliphatic carbocycles. The average molecular weight is 346 g/mol. The van der Waals surface area contributed by atoms with E-state index in [1.54, 1.807) is 30.3 Å². The molecule has 1 aromatic rings. The molecular weight excluding hydrogens is 320 g/mol. The number of anilines is 1. The van der Waals surface area contributed by atoms with Crippen LogP contribution in [0.15, 0.2) is 36.9 Å². The standard InChI is InChI=1S/C18H26N4O3/c1-6-11-19-16(24)13-7-9-14(10-8-13)20-17(25)22(5)12-15(23)21-18(2,3)4/h6-10H,1,11-12H2,2-5H3,(H,19,24)(H,20,25)(H,21,23). The van der Waals surface area contributed by atoms with E-state index in [1.165, 1.54) is 11.9 Å². The van der Waals surface area contributed by atoms with Crippen LogP contribution in [0.2, 0.25) is 0 Å². The maximum absolute atomic E-state index is 12.1. The number of urea groups is 1. The number of nitrogens with zero attached hydrogens (tertiary/aromatic N) is 1. The molecule has 7 heteroatoms. The van der Waals surface area contributed by atoms with E-state index in [4.69, 9.17) is 0 Å². The number of rotatable bonds is 6. The predicted octanol–water partition coefficient (Wildman–Crippen LogP) is 1.98. The zero-order chi connectivity index (χ0) is 19.0. The highest BCUT2D eigenvalue weighted by atomic mass is 16.2. The Bertz CT molecular complexity index is 633. The van der Waals surface area contributed by atoms with E-state index in [1.807, 2.05) is 20.8 Å². The van der Waals surface area contributed by atoms with Crippen molar-refractivity contribution in [2.24, 2.45) is 0 Å². The van der Waals surface area contributed by atoms with Gasteiger partial charge in [0.25, 0.3) is 5.91 Å². The van der Waals surface area contributed by atoms with Crippen molar-refractivity contribution < 1.29 is 14.4 Å². The maximum Gasteiger partial charge on any atom is 0.322 e. The lowest BCUT2D eigenvalue weighted by atomic mass is 10.1. The number of nitrogens with one attached hydrogen (secondary N) is 3. The van der Waals surface area contributed by atoms with Gasteiger partial charge in [-0.3, -0.25) is 9.59 Å². The molecular formula is C18H26N4O3. The largest absolute Gasteiger partial charge is 0.350 e. The van der Waals surface area contributed by atoms with Gasteiger partial charge in [-0.2, -0.15) is 0 Å². The van der Waals surface area contributed by atoms with Crippen LogP contribution in [-0.2, 0) is 4.79 Å². The van der Waals surface area contributed by atoms with E-state index in [2.05, 4.69) is 22.5 Å². The summed E-state index contributed by atoms with van der Waals surface area (Å²) in [6.07, 6.45) is 1.60. The average Bonchev–Trinajstić information content (AvgIpc) is 2.51. The highest BCUT2D eigenvalue weighted by molar-refractivity contribution is 5.96. The van der Waals surface area contributed by atoms with Crippen LogP contribution in [0, 0.1) is 0 Å². The van der Waals surface area contributed by atoms with Crippen LogP contribution < -0.4 is 16.0 Å². The van der Waals surface area contributed by atoms with Gasteiger partial charge in [0.15, 0.2) is 0 Å². The van der Waals surface area contributed by atoms with Gasteiger partial charge in [-0.05, 0) is 45.0 Å². The van der Waals surface area contributed by atoms with Crippen LogP contribution in [0.5, 0.6) is 0 Å². The van der Waals surface area contributed by atoms with Crippen LogP contribution in [0.4, 0.5) is 10.5 Å². The van der Waals surface area contributed by atoms with Gasteiger partial charge in [-0.1, -0.05) is 6.08 Å². The summed E-state index contributed by atoms with van der Waals surface area (Å²) in [6, 6.07) is 6.07. The van der Waals surface area contributed by atoms with Crippen molar-refractivity contribution in [2.75, 3.05) is 25.5 Å². The third-order valence-corrected chi connectivity index (χ3v) is 3.05. The quantitative estimate of drug-likeness (QED) is 0.688. The summed E-state index contributed by atoms with van der Waals surface area (Å²) >= 11 is 0. The Morgan fingerprint density at radius 3 is 2.28 bits per heavy atom. The fraction of sp³-hybridized carbons (Fsp3) is 0.389. The summed E-state index contributed by atoms with van der Waals surface area (Å²) in [5.74, 6) is -0.451. The van der Waals surface area contributed by atoms with E-state index in [9.17, 15) is 14.4 Å². The van der Waals surface area contributed by atoms with Gasteiger partial charge in [0.1, 0.15) is 6.54 Å². The minimum Gasteiger partial charge on any atom is -0.350 e. The first-order valence-corrected chi connectivity index (χ1v) is 7.94. The van der Waals surface area contributed by atoms with E-state index in [-0.39, 0.29) is 23.9 Å². The number of carbonyl (C=O) groups excluding carboxylic acids is 3. The monoisotopic (exact) mass is 346 g/mol. The van der Waals surface area contributed by atoms with E-state index < -0.39 is 6.03 Å². The molecule has 25 heavy (non-hydrogen) atoms. The molecule has 7 nitrogen and oxygen atoms in total. The first kappa shape index (κ1) is 20.2. The molecule has 0 radical (unpaired) electrons. The van der Waals surface area contributed by atoms with Gasteiger partial charge < -0.3 is 20.9 Å². The Hall–Kier alpha value is -2.83. The lowest BCUT2D eigenvalue weighted by Gasteiger charge is -2.23. The normalized spacial score (nSPS) is 10.6. The molecule has 0 spiro atoms. The van der Waals surface area contributed by atoms with Crippen molar-refractivity contribution in [3.05, 3.63) is 42.5 Å². The Kier molecular flexibility index (Phi) is 7.17. The van der Waals surface area contributed by atoms with Crippen LogP contribution in [0.1, 0.15) is 31.1 Å². The lowest BCUT2D eigenvalue weighted by Crippen LogP contribution is -2.47. The topological polar surface area (TPSA) is 90.5 Å². The minimum atomic E-state index is -0.409. The second kappa shape index (κ2) is 8.86. The first-order valence-electron chi connectivity index (χ1n) is 7.94. The van der Waals surface area contributed by atoms with Gasteiger partial charge in [0, 0.05) is 30.4 Å². The number of hydrogen-bond acceptors (Lipinski definition) is 3. The molecule has 4 amide bonds. The molecule has 0 saturated heterocycles. The Morgan fingerprint density at radius 1 is 1.16 bits per heavy atom. The van der Waals surface area contributed by atoms with Crippen LogP contribution in [0.3, 0.4) is 0 Å². The van der Waals surface area contributed by atoms with E-state index in [0.717, 1.165) is 0 Å². The maximum atomic E-state index is 12.1. The minimum absolute atomic E-state index is 0.0505. The zero-order valence-corrected chi connectivity index (χ0v) is 15.2. The molecule has 3 N–H and O–H groups in total. The van der Waals surface area contributed by atoms with Gasteiger partial charge in [-0.15, -0.1) is 6.58 Å².